The van der Waals surface area contributed by atoms with E-state index in [0.29, 0.717) is 22.7 Å². The minimum absolute atomic E-state index is 0.0830. The van der Waals surface area contributed by atoms with E-state index in [1.807, 2.05) is 30.7 Å². The Hall–Kier alpha value is -2.67. The average Bonchev–Trinajstić information content (AvgIpc) is 3.31. The zero-order valence-corrected chi connectivity index (χ0v) is 15.0. The summed E-state index contributed by atoms with van der Waals surface area (Å²) in [6, 6.07) is 5.80. The van der Waals surface area contributed by atoms with Crippen LogP contribution < -0.4 is 10.6 Å². The van der Waals surface area contributed by atoms with E-state index in [1.54, 1.807) is 18.5 Å². The Balaban J connectivity index is 1.77. The highest BCUT2D eigenvalue weighted by molar-refractivity contribution is 6.06. The van der Waals surface area contributed by atoms with Crippen LogP contribution in [-0.2, 0) is 0 Å². The number of amides is 1. The number of hydrogen-bond acceptors (Lipinski definition) is 5. The number of pyridine rings is 1. The molecule has 0 spiro atoms. The summed E-state index contributed by atoms with van der Waals surface area (Å²) in [7, 11) is 0. The maximum atomic E-state index is 13.0. The van der Waals surface area contributed by atoms with Crippen molar-refractivity contribution in [3.05, 3.63) is 36.2 Å². The first-order valence-corrected chi connectivity index (χ1v) is 9.07. The normalized spacial score (nSPS) is 15.7. The molecule has 7 nitrogen and oxygen atoms in total. The van der Waals surface area contributed by atoms with Gasteiger partial charge in [0.05, 0.1) is 23.4 Å². The molecule has 3 aromatic heterocycles. The summed E-state index contributed by atoms with van der Waals surface area (Å²) >= 11 is 0. The van der Waals surface area contributed by atoms with E-state index in [4.69, 9.17) is 9.40 Å². The predicted molar refractivity (Wildman–Crippen MR) is 99.0 cm³/mol. The Morgan fingerprint density at radius 2 is 2.19 bits per heavy atom. The second-order valence-corrected chi connectivity index (χ2v) is 6.95. The van der Waals surface area contributed by atoms with Crippen LogP contribution >= 0.6 is 0 Å². The molecule has 26 heavy (non-hydrogen) atoms. The summed E-state index contributed by atoms with van der Waals surface area (Å²) in [5.74, 6) is 0.555. The van der Waals surface area contributed by atoms with Gasteiger partial charge in [-0.3, -0.25) is 4.79 Å². The van der Waals surface area contributed by atoms with Crippen molar-refractivity contribution in [2.75, 3.05) is 13.1 Å². The lowest BCUT2D eigenvalue weighted by molar-refractivity contribution is 0.0931. The first-order chi connectivity index (χ1) is 12.6. The maximum absolute atomic E-state index is 13.0. The molecule has 3 aromatic rings. The molecule has 4 rings (SSSR count). The van der Waals surface area contributed by atoms with Gasteiger partial charge in [0.1, 0.15) is 5.69 Å². The smallest absolute Gasteiger partial charge is 0.252 e. The second kappa shape index (κ2) is 6.92. The number of hydrogen-bond donors (Lipinski definition) is 2. The number of piperidine rings is 1. The van der Waals surface area contributed by atoms with Gasteiger partial charge in [0.15, 0.2) is 11.4 Å². The van der Waals surface area contributed by atoms with Crippen LogP contribution in [0.3, 0.4) is 0 Å². The molecule has 0 bridgehead atoms. The Labute approximate surface area is 151 Å². The number of rotatable bonds is 4. The molecule has 1 amide bonds. The first kappa shape index (κ1) is 16.8. The van der Waals surface area contributed by atoms with E-state index in [-0.39, 0.29) is 18.0 Å². The minimum atomic E-state index is -0.0830. The number of fused-ring (bicyclic) bond motifs is 1. The molecule has 0 unspecified atom stereocenters. The van der Waals surface area contributed by atoms with Crippen LogP contribution in [-0.4, -0.2) is 39.8 Å². The number of carbonyl (C=O) groups is 1. The molecule has 0 atom stereocenters. The summed E-state index contributed by atoms with van der Waals surface area (Å²) in [5.41, 5.74) is 1.93. The van der Waals surface area contributed by atoms with E-state index >= 15 is 0 Å². The van der Waals surface area contributed by atoms with E-state index in [9.17, 15) is 4.79 Å². The SMILES string of the molecule is CC(C)n1ncc2c(C(=O)NC3CCNCC3)cc(-c3ccco3)nc21. The lowest BCUT2D eigenvalue weighted by atomic mass is 10.0. The summed E-state index contributed by atoms with van der Waals surface area (Å²) in [6.07, 6.45) is 5.22. The Morgan fingerprint density at radius 3 is 2.88 bits per heavy atom. The van der Waals surface area contributed by atoms with Crippen molar-refractivity contribution < 1.29 is 9.21 Å². The third-order valence-corrected chi connectivity index (χ3v) is 4.75. The van der Waals surface area contributed by atoms with Gasteiger partial charge < -0.3 is 15.1 Å². The number of nitrogens with zero attached hydrogens (tertiary/aromatic N) is 3. The predicted octanol–water partition coefficient (Wildman–Crippen LogP) is 2.75. The largest absolute Gasteiger partial charge is 0.463 e. The lowest BCUT2D eigenvalue weighted by Crippen LogP contribution is -2.42. The van der Waals surface area contributed by atoms with Crippen molar-refractivity contribution in [1.29, 1.82) is 0 Å². The Kier molecular flexibility index (Phi) is 4.46. The number of furan rings is 1. The molecule has 1 aliphatic rings. The van der Waals surface area contributed by atoms with Crippen molar-refractivity contribution in [3.8, 4) is 11.5 Å². The molecular weight excluding hydrogens is 330 g/mol. The third-order valence-electron chi connectivity index (χ3n) is 4.75. The maximum Gasteiger partial charge on any atom is 0.252 e. The van der Waals surface area contributed by atoms with Gasteiger partial charge in [-0.1, -0.05) is 0 Å². The van der Waals surface area contributed by atoms with Gasteiger partial charge in [-0.05, 0) is 58.0 Å². The Morgan fingerprint density at radius 1 is 1.38 bits per heavy atom. The van der Waals surface area contributed by atoms with Crippen LogP contribution in [0.1, 0.15) is 43.1 Å². The number of carbonyl (C=O) groups excluding carboxylic acids is 1. The summed E-state index contributed by atoms with van der Waals surface area (Å²) in [5, 5.41) is 11.7. The fourth-order valence-corrected chi connectivity index (χ4v) is 3.36. The van der Waals surface area contributed by atoms with Crippen LogP contribution in [0.25, 0.3) is 22.5 Å². The molecule has 136 valence electrons. The molecule has 1 aliphatic heterocycles. The van der Waals surface area contributed by atoms with Crippen LogP contribution in [0.15, 0.2) is 35.1 Å². The van der Waals surface area contributed by atoms with Crippen LogP contribution in [0.5, 0.6) is 0 Å². The average molecular weight is 353 g/mol. The van der Waals surface area contributed by atoms with Gasteiger partial charge >= 0.3 is 0 Å². The van der Waals surface area contributed by atoms with Gasteiger partial charge in [0.25, 0.3) is 5.91 Å². The quantitative estimate of drug-likeness (QED) is 0.753. The molecule has 4 heterocycles. The molecule has 0 aromatic carbocycles. The molecule has 0 saturated carbocycles. The van der Waals surface area contributed by atoms with E-state index in [1.165, 1.54) is 0 Å². The standard InChI is InChI=1S/C19H23N5O2/c1-12(2)24-18-15(11-21-24)14(10-16(23-18)17-4-3-9-26-17)19(25)22-13-5-7-20-8-6-13/h3-4,9-13,20H,5-8H2,1-2H3,(H,22,25). The fraction of sp³-hybridized carbons (Fsp3) is 0.421. The monoisotopic (exact) mass is 353 g/mol. The highest BCUT2D eigenvalue weighted by Crippen LogP contribution is 2.26. The summed E-state index contributed by atoms with van der Waals surface area (Å²) in [4.78, 5) is 17.7. The van der Waals surface area contributed by atoms with E-state index in [0.717, 1.165) is 31.3 Å². The fourth-order valence-electron chi connectivity index (χ4n) is 3.36. The van der Waals surface area contributed by atoms with E-state index < -0.39 is 0 Å². The second-order valence-electron chi connectivity index (χ2n) is 6.95. The zero-order valence-electron chi connectivity index (χ0n) is 15.0. The molecule has 1 fully saturated rings. The number of aromatic nitrogens is 3. The summed E-state index contributed by atoms with van der Waals surface area (Å²) < 4.78 is 7.33. The molecule has 7 heteroatoms. The Bertz CT molecular complexity index is 908. The lowest BCUT2D eigenvalue weighted by Gasteiger charge is -2.23. The van der Waals surface area contributed by atoms with Crippen molar-refractivity contribution in [2.45, 2.75) is 38.8 Å². The van der Waals surface area contributed by atoms with Gasteiger partial charge in [-0.15, -0.1) is 0 Å². The summed E-state index contributed by atoms with van der Waals surface area (Å²) in [6.45, 7) is 5.95. The highest BCUT2D eigenvalue weighted by Gasteiger charge is 2.22. The third kappa shape index (κ3) is 3.10. The molecule has 0 aliphatic carbocycles. The molecule has 1 saturated heterocycles. The molecule has 0 radical (unpaired) electrons. The van der Waals surface area contributed by atoms with Gasteiger partial charge in [-0.25, -0.2) is 9.67 Å². The minimum Gasteiger partial charge on any atom is -0.463 e. The first-order valence-electron chi connectivity index (χ1n) is 9.07. The van der Waals surface area contributed by atoms with Crippen LogP contribution in [0.2, 0.25) is 0 Å². The zero-order chi connectivity index (χ0) is 18.1. The molecule has 2 N–H and O–H groups in total. The van der Waals surface area contributed by atoms with Gasteiger partial charge in [0, 0.05) is 12.1 Å². The highest BCUT2D eigenvalue weighted by atomic mass is 16.3. The van der Waals surface area contributed by atoms with E-state index in [2.05, 4.69) is 15.7 Å². The van der Waals surface area contributed by atoms with Gasteiger partial charge in [-0.2, -0.15) is 5.10 Å². The van der Waals surface area contributed by atoms with Crippen LogP contribution in [0.4, 0.5) is 0 Å². The molecular formula is C19H23N5O2. The van der Waals surface area contributed by atoms with Crippen molar-refractivity contribution >= 4 is 16.9 Å². The van der Waals surface area contributed by atoms with Crippen LogP contribution in [0, 0.1) is 0 Å². The van der Waals surface area contributed by atoms with Crippen molar-refractivity contribution in [1.82, 2.24) is 25.4 Å². The van der Waals surface area contributed by atoms with Gasteiger partial charge in [0.2, 0.25) is 0 Å². The topological polar surface area (TPSA) is 85.0 Å². The van der Waals surface area contributed by atoms with Crippen molar-refractivity contribution in [3.63, 3.8) is 0 Å². The number of nitrogens with one attached hydrogen (secondary N) is 2. The van der Waals surface area contributed by atoms with Crippen molar-refractivity contribution in [2.24, 2.45) is 0 Å².